The van der Waals surface area contributed by atoms with E-state index in [-0.39, 0.29) is 12.5 Å². The Morgan fingerprint density at radius 3 is 2.20 bits per heavy atom. The summed E-state index contributed by atoms with van der Waals surface area (Å²) in [5.74, 6) is 0.706. The molecule has 7 heteroatoms. The highest BCUT2D eigenvalue weighted by Gasteiger charge is 2.25. The second kappa shape index (κ2) is 10.5. The first-order chi connectivity index (χ1) is 14.6. The largest absolute Gasteiger partial charge is 0.497 e. The van der Waals surface area contributed by atoms with Crippen LogP contribution in [-0.2, 0) is 14.3 Å². The fourth-order valence-electron chi connectivity index (χ4n) is 3.29. The lowest BCUT2D eigenvalue weighted by Gasteiger charge is -2.36. The minimum absolute atomic E-state index is 0.188. The van der Waals surface area contributed by atoms with Gasteiger partial charge in [0, 0.05) is 31.9 Å². The van der Waals surface area contributed by atoms with Crippen LogP contribution in [0.5, 0.6) is 11.5 Å². The highest BCUT2D eigenvalue weighted by molar-refractivity contribution is 5.82. The molecule has 0 unspecified atom stereocenters. The van der Waals surface area contributed by atoms with E-state index in [1.165, 1.54) is 0 Å². The average Bonchev–Trinajstić information content (AvgIpc) is 2.81. The number of nitrogens with zero attached hydrogens (tertiary/aromatic N) is 2. The zero-order valence-corrected chi connectivity index (χ0v) is 17.5. The predicted molar refractivity (Wildman–Crippen MR) is 114 cm³/mol. The molecule has 0 saturated carbocycles. The molecule has 2 aromatic rings. The second-order valence-corrected chi connectivity index (χ2v) is 7.00. The number of esters is 1. The molecule has 1 amide bonds. The third-order valence-electron chi connectivity index (χ3n) is 5.06. The molecule has 7 nitrogen and oxygen atoms in total. The van der Waals surface area contributed by atoms with Crippen LogP contribution in [0.4, 0.5) is 5.69 Å². The van der Waals surface area contributed by atoms with Crippen LogP contribution in [0.15, 0.2) is 54.6 Å². The third-order valence-corrected chi connectivity index (χ3v) is 5.06. The number of carbonyl (C=O) groups excluding carboxylic acids is 2. The maximum absolute atomic E-state index is 12.5. The summed E-state index contributed by atoms with van der Waals surface area (Å²) in [4.78, 5) is 28.7. The molecular formula is C23H28N2O5. The van der Waals surface area contributed by atoms with Gasteiger partial charge in [-0.3, -0.25) is 4.79 Å². The zero-order valence-electron chi connectivity index (χ0n) is 17.5. The summed E-state index contributed by atoms with van der Waals surface area (Å²) < 4.78 is 16.1. The molecule has 30 heavy (non-hydrogen) atoms. The van der Waals surface area contributed by atoms with Crippen LogP contribution in [-0.4, -0.2) is 62.8 Å². The predicted octanol–water partition coefficient (Wildman–Crippen LogP) is 2.74. The molecule has 160 valence electrons. The van der Waals surface area contributed by atoms with Crippen LogP contribution in [0, 0.1) is 0 Å². The molecule has 1 saturated heterocycles. The Labute approximate surface area is 177 Å². The number of carbonyl (C=O) groups is 2. The van der Waals surface area contributed by atoms with Crippen LogP contribution < -0.4 is 14.4 Å². The molecule has 1 aliphatic rings. The van der Waals surface area contributed by atoms with Crippen molar-refractivity contribution in [3.8, 4) is 11.5 Å². The fourth-order valence-corrected chi connectivity index (χ4v) is 3.29. The van der Waals surface area contributed by atoms with E-state index >= 15 is 0 Å². The number of hydrogen-bond donors (Lipinski definition) is 0. The Bertz CT molecular complexity index is 817. The second-order valence-electron chi connectivity index (χ2n) is 7.00. The number of rotatable bonds is 8. The van der Waals surface area contributed by atoms with Gasteiger partial charge in [0.2, 0.25) is 0 Å². The van der Waals surface area contributed by atoms with Crippen molar-refractivity contribution < 1.29 is 23.8 Å². The third kappa shape index (κ3) is 5.65. The van der Waals surface area contributed by atoms with Crippen LogP contribution in [0.1, 0.15) is 13.3 Å². The highest BCUT2D eigenvalue weighted by Crippen LogP contribution is 2.20. The van der Waals surface area contributed by atoms with Crippen molar-refractivity contribution in [2.75, 3.05) is 44.8 Å². The van der Waals surface area contributed by atoms with Gasteiger partial charge in [0.1, 0.15) is 11.5 Å². The molecule has 1 atom stereocenters. The standard InChI is InChI=1S/C23H28N2O5/c1-3-21(30-20-7-5-4-6-8-20)23(27)29-17-22(26)25-15-13-24(14-16-25)18-9-11-19(28-2)12-10-18/h4-12,21H,3,13-17H2,1-2H3/t21-/m0/s1. The summed E-state index contributed by atoms with van der Waals surface area (Å²) >= 11 is 0. The maximum atomic E-state index is 12.5. The van der Waals surface area contributed by atoms with Crippen molar-refractivity contribution in [2.45, 2.75) is 19.4 Å². The van der Waals surface area contributed by atoms with Gasteiger partial charge in [0.05, 0.1) is 7.11 Å². The van der Waals surface area contributed by atoms with E-state index in [9.17, 15) is 9.59 Å². The van der Waals surface area contributed by atoms with Gasteiger partial charge in [-0.25, -0.2) is 4.79 Å². The molecule has 0 bridgehead atoms. The monoisotopic (exact) mass is 412 g/mol. The first kappa shape index (κ1) is 21.5. The van der Waals surface area contributed by atoms with Gasteiger partial charge < -0.3 is 24.0 Å². The Morgan fingerprint density at radius 1 is 0.933 bits per heavy atom. The van der Waals surface area contributed by atoms with E-state index in [1.807, 2.05) is 49.4 Å². The van der Waals surface area contributed by atoms with E-state index in [2.05, 4.69) is 4.90 Å². The molecule has 2 aromatic carbocycles. The Kier molecular flexibility index (Phi) is 7.54. The molecular weight excluding hydrogens is 384 g/mol. The fraction of sp³-hybridized carbons (Fsp3) is 0.391. The number of hydrogen-bond acceptors (Lipinski definition) is 6. The zero-order chi connectivity index (χ0) is 21.3. The van der Waals surface area contributed by atoms with Gasteiger partial charge in [-0.2, -0.15) is 0 Å². The molecule has 0 spiro atoms. The van der Waals surface area contributed by atoms with Crippen molar-refractivity contribution in [2.24, 2.45) is 0 Å². The minimum Gasteiger partial charge on any atom is -0.497 e. The molecule has 0 N–H and O–H groups in total. The van der Waals surface area contributed by atoms with Crippen molar-refractivity contribution in [3.63, 3.8) is 0 Å². The molecule has 0 aliphatic carbocycles. The Balaban J connectivity index is 1.44. The van der Waals surface area contributed by atoms with Crippen molar-refractivity contribution in [1.82, 2.24) is 4.90 Å². The summed E-state index contributed by atoms with van der Waals surface area (Å²) in [7, 11) is 1.64. The minimum atomic E-state index is -0.730. The van der Waals surface area contributed by atoms with Gasteiger partial charge in [0.25, 0.3) is 5.91 Å². The van der Waals surface area contributed by atoms with Crippen molar-refractivity contribution in [3.05, 3.63) is 54.6 Å². The number of anilines is 1. The number of para-hydroxylation sites is 1. The quantitative estimate of drug-likeness (QED) is 0.621. The summed E-state index contributed by atoms with van der Waals surface area (Å²) in [5.41, 5.74) is 1.10. The van der Waals surface area contributed by atoms with Gasteiger partial charge in [0.15, 0.2) is 12.7 Å². The van der Waals surface area contributed by atoms with Crippen LogP contribution in [0.25, 0.3) is 0 Å². The normalized spacial score (nSPS) is 14.7. The van der Waals surface area contributed by atoms with E-state index in [0.29, 0.717) is 25.3 Å². The molecule has 1 aliphatic heterocycles. The molecule has 1 heterocycles. The Hall–Kier alpha value is -3.22. The summed E-state index contributed by atoms with van der Waals surface area (Å²) in [6.07, 6.45) is -0.269. The SMILES string of the molecule is CC[C@H](Oc1ccccc1)C(=O)OCC(=O)N1CCN(c2ccc(OC)cc2)CC1. The summed E-state index contributed by atoms with van der Waals surface area (Å²) in [6, 6.07) is 17.0. The Morgan fingerprint density at radius 2 is 1.60 bits per heavy atom. The first-order valence-electron chi connectivity index (χ1n) is 10.2. The topological polar surface area (TPSA) is 68.3 Å². The van der Waals surface area contributed by atoms with Gasteiger partial charge >= 0.3 is 5.97 Å². The van der Waals surface area contributed by atoms with Gasteiger partial charge in [-0.05, 0) is 42.8 Å². The van der Waals surface area contributed by atoms with E-state index in [4.69, 9.17) is 14.2 Å². The number of ether oxygens (including phenoxy) is 3. The van der Waals surface area contributed by atoms with Crippen molar-refractivity contribution >= 4 is 17.6 Å². The number of methoxy groups -OCH3 is 1. The van der Waals surface area contributed by atoms with E-state index in [0.717, 1.165) is 24.5 Å². The van der Waals surface area contributed by atoms with Crippen LogP contribution in [0.3, 0.4) is 0 Å². The summed E-state index contributed by atoms with van der Waals surface area (Å²) in [5, 5.41) is 0. The van der Waals surface area contributed by atoms with Gasteiger partial charge in [-0.15, -0.1) is 0 Å². The van der Waals surface area contributed by atoms with Crippen LogP contribution in [0.2, 0.25) is 0 Å². The smallest absolute Gasteiger partial charge is 0.347 e. The van der Waals surface area contributed by atoms with E-state index in [1.54, 1.807) is 24.1 Å². The summed E-state index contributed by atoms with van der Waals surface area (Å²) in [6.45, 7) is 4.19. The number of piperazine rings is 1. The van der Waals surface area contributed by atoms with Crippen molar-refractivity contribution in [1.29, 1.82) is 0 Å². The number of amides is 1. The van der Waals surface area contributed by atoms with E-state index < -0.39 is 12.1 Å². The highest BCUT2D eigenvalue weighted by atomic mass is 16.6. The van der Waals surface area contributed by atoms with Crippen LogP contribution >= 0.6 is 0 Å². The maximum Gasteiger partial charge on any atom is 0.347 e. The molecule has 0 radical (unpaired) electrons. The lowest BCUT2D eigenvalue weighted by molar-refractivity contribution is -0.158. The molecule has 1 fully saturated rings. The first-order valence-corrected chi connectivity index (χ1v) is 10.2. The lowest BCUT2D eigenvalue weighted by atomic mass is 10.2. The molecule has 0 aromatic heterocycles. The number of benzene rings is 2. The lowest BCUT2D eigenvalue weighted by Crippen LogP contribution is -2.50. The van der Waals surface area contributed by atoms with Gasteiger partial charge in [-0.1, -0.05) is 25.1 Å². The average molecular weight is 412 g/mol. The molecule has 3 rings (SSSR count).